The molecule has 0 N–H and O–H groups in total. The number of allylic oxidation sites excluding steroid dienone is 4. The Labute approximate surface area is 174 Å². The van der Waals surface area contributed by atoms with Gasteiger partial charge >= 0.3 is 5.97 Å². The summed E-state index contributed by atoms with van der Waals surface area (Å²) in [5, 5.41) is 0. The molecule has 2 amide bonds. The molecule has 2 bridgehead atoms. The summed E-state index contributed by atoms with van der Waals surface area (Å²) < 4.78 is 5.12. The maximum Gasteiger partial charge on any atom is 0.308 e. The van der Waals surface area contributed by atoms with Gasteiger partial charge in [0.25, 0.3) is 0 Å². The first-order valence-electron chi connectivity index (χ1n) is 10.1. The van der Waals surface area contributed by atoms with Gasteiger partial charge in [-0.3, -0.25) is 14.4 Å². The van der Waals surface area contributed by atoms with Crippen LogP contribution in [0, 0.1) is 23.7 Å². The fourth-order valence-corrected chi connectivity index (χ4v) is 5.22. The summed E-state index contributed by atoms with van der Waals surface area (Å²) >= 11 is 0. The van der Waals surface area contributed by atoms with Gasteiger partial charge in [0.15, 0.2) is 0 Å². The number of hydrogen-bond acceptors (Lipinski definition) is 4. The molecule has 1 saturated heterocycles. The third-order valence-corrected chi connectivity index (χ3v) is 6.39. The first-order valence-corrected chi connectivity index (χ1v) is 10.1. The van der Waals surface area contributed by atoms with E-state index in [0.29, 0.717) is 11.4 Å². The van der Waals surface area contributed by atoms with Gasteiger partial charge in [0, 0.05) is 24.8 Å². The van der Waals surface area contributed by atoms with Crippen LogP contribution in [-0.2, 0) is 14.4 Å². The van der Waals surface area contributed by atoms with E-state index in [0.717, 1.165) is 11.1 Å². The van der Waals surface area contributed by atoms with Crippen LogP contribution < -0.4 is 9.64 Å². The smallest absolute Gasteiger partial charge is 0.308 e. The highest BCUT2D eigenvalue weighted by Gasteiger charge is 2.62. The van der Waals surface area contributed by atoms with Gasteiger partial charge in [0.05, 0.1) is 17.5 Å². The van der Waals surface area contributed by atoms with Crippen molar-refractivity contribution in [1.82, 2.24) is 0 Å². The Morgan fingerprint density at radius 2 is 1.50 bits per heavy atom. The fraction of sp³-hybridized carbons (Fsp3) is 0.240. The van der Waals surface area contributed by atoms with Crippen LogP contribution in [0.4, 0.5) is 5.69 Å². The highest BCUT2D eigenvalue weighted by atomic mass is 16.5. The van der Waals surface area contributed by atoms with E-state index >= 15 is 0 Å². The van der Waals surface area contributed by atoms with Gasteiger partial charge < -0.3 is 4.74 Å². The minimum Gasteiger partial charge on any atom is -0.427 e. The van der Waals surface area contributed by atoms with E-state index in [4.69, 9.17) is 4.74 Å². The van der Waals surface area contributed by atoms with Crippen LogP contribution in [0.15, 0.2) is 72.3 Å². The number of carbonyl (C=O) groups is 3. The topological polar surface area (TPSA) is 63.7 Å². The van der Waals surface area contributed by atoms with Crippen molar-refractivity contribution in [2.24, 2.45) is 23.7 Å². The normalized spacial score (nSPS) is 26.3. The number of ether oxygens (including phenoxy) is 1. The molecule has 30 heavy (non-hydrogen) atoms. The summed E-state index contributed by atoms with van der Waals surface area (Å²) in [5.41, 5.74) is 3.90. The Morgan fingerprint density at radius 3 is 2.10 bits per heavy atom. The number of benzene rings is 2. The maximum absolute atomic E-state index is 13.4. The van der Waals surface area contributed by atoms with Gasteiger partial charge in [-0.2, -0.15) is 0 Å². The average Bonchev–Trinajstić information content (AvgIpc) is 3.37. The van der Waals surface area contributed by atoms with Crippen LogP contribution in [0.25, 0.3) is 5.57 Å². The van der Waals surface area contributed by atoms with Crippen molar-refractivity contribution >= 4 is 29.0 Å². The highest BCUT2D eigenvalue weighted by molar-refractivity contribution is 6.23. The second kappa shape index (κ2) is 6.80. The summed E-state index contributed by atoms with van der Waals surface area (Å²) in [5.74, 6) is -1.36. The Balaban J connectivity index is 1.51. The van der Waals surface area contributed by atoms with Gasteiger partial charge in [0.1, 0.15) is 5.75 Å². The monoisotopic (exact) mass is 399 g/mol. The summed E-state index contributed by atoms with van der Waals surface area (Å²) in [6.07, 6.45) is 4.16. The van der Waals surface area contributed by atoms with Crippen molar-refractivity contribution in [2.75, 3.05) is 4.90 Å². The largest absolute Gasteiger partial charge is 0.427 e. The van der Waals surface area contributed by atoms with Gasteiger partial charge in [-0.05, 0) is 30.2 Å². The van der Waals surface area contributed by atoms with E-state index < -0.39 is 5.97 Å². The molecule has 2 aromatic carbocycles. The Kier molecular flexibility index (Phi) is 4.21. The molecule has 5 rings (SSSR count). The van der Waals surface area contributed by atoms with Crippen molar-refractivity contribution in [3.63, 3.8) is 0 Å². The molecule has 1 heterocycles. The molecule has 0 unspecified atom stereocenters. The van der Waals surface area contributed by atoms with E-state index in [-0.39, 0.29) is 35.5 Å². The van der Waals surface area contributed by atoms with E-state index in [1.807, 2.05) is 18.2 Å². The molecule has 5 heteroatoms. The SMILES string of the molecule is CC(=O)Oc1cccc(N2C(=O)[C@H]3[C@H](C2=O)[C@H]2C=C[C@H]3C2=C(C)c2ccccc2)c1. The van der Waals surface area contributed by atoms with Gasteiger partial charge in [-0.25, -0.2) is 4.90 Å². The number of nitrogens with zero attached hydrogens (tertiary/aromatic N) is 1. The minimum atomic E-state index is -0.448. The molecular formula is C25H21NO4. The zero-order chi connectivity index (χ0) is 21.0. The standard InChI is InChI=1S/C25H21NO4/c1-14(16-7-4-3-5-8-16)21-19-11-12-20(21)23-22(19)24(28)26(25(23)29)17-9-6-10-18(13-17)30-15(2)27/h3-13,19-20,22-23H,1-2H3/t19-,20-,22+,23+/m0/s1. The predicted molar refractivity (Wildman–Crippen MR) is 112 cm³/mol. The Bertz CT molecular complexity index is 1100. The second-order valence-electron chi connectivity index (χ2n) is 8.04. The van der Waals surface area contributed by atoms with Crippen molar-refractivity contribution in [1.29, 1.82) is 0 Å². The zero-order valence-corrected chi connectivity index (χ0v) is 16.7. The number of hydrogen-bond donors (Lipinski definition) is 0. The van der Waals surface area contributed by atoms with Crippen molar-refractivity contribution < 1.29 is 19.1 Å². The molecule has 5 nitrogen and oxygen atoms in total. The van der Waals surface area contributed by atoms with Crippen molar-refractivity contribution in [3.05, 3.63) is 77.9 Å². The van der Waals surface area contributed by atoms with Crippen LogP contribution in [0.1, 0.15) is 19.4 Å². The van der Waals surface area contributed by atoms with Crippen LogP contribution >= 0.6 is 0 Å². The number of rotatable bonds is 3. The lowest BCUT2D eigenvalue weighted by atomic mass is 9.85. The lowest BCUT2D eigenvalue weighted by Crippen LogP contribution is -2.33. The second-order valence-corrected chi connectivity index (χ2v) is 8.04. The molecule has 0 aromatic heterocycles. The number of esters is 1. The van der Waals surface area contributed by atoms with Crippen LogP contribution in [0.2, 0.25) is 0 Å². The molecule has 1 saturated carbocycles. The Hall–Kier alpha value is -3.47. The molecule has 2 aromatic rings. The molecule has 0 spiro atoms. The van der Waals surface area contributed by atoms with Crippen molar-refractivity contribution in [3.8, 4) is 5.75 Å². The summed E-state index contributed by atoms with van der Waals surface area (Å²) in [6.45, 7) is 3.39. The average molecular weight is 399 g/mol. The minimum absolute atomic E-state index is 0.0571. The van der Waals surface area contributed by atoms with E-state index in [1.54, 1.807) is 24.3 Å². The number of fused-ring (bicyclic) bond motifs is 5. The number of imide groups is 1. The third kappa shape index (κ3) is 2.65. The van der Waals surface area contributed by atoms with Gasteiger partial charge in [-0.1, -0.05) is 54.1 Å². The molecular weight excluding hydrogens is 378 g/mol. The van der Waals surface area contributed by atoms with E-state index in [1.165, 1.54) is 17.4 Å². The molecule has 150 valence electrons. The molecule has 4 atom stereocenters. The Morgan fingerprint density at radius 1 is 0.867 bits per heavy atom. The molecule has 3 aliphatic rings. The molecule has 2 aliphatic carbocycles. The maximum atomic E-state index is 13.4. The van der Waals surface area contributed by atoms with Crippen LogP contribution in [0.3, 0.4) is 0 Å². The van der Waals surface area contributed by atoms with E-state index in [9.17, 15) is 14.4 Å². The lowest BCUT2D eigenvalue weighted by molar-refractivity contribution is -0.132. The number of amides is 2. The fourth-order valence-electron chi connectivity index (χ4n) is 5.22. The first kappa shape index (κ1) is 18.6. The predicted octanol–water partition coefficient (Wildman–Crippen LogP) is 4.01. The highest BCUT2D eigenvalue weighted by Crippen LogP contribution is 2.58. The van der Waals surface area contributed by atoms with Crippen LogP contribution in [-0.4, -0.2) is 17.8 Å². The first-order chi connectivity index (χ1) is 14.5. The van der Waals surface area contributed by atoms with E-state index in [2.05, 4.69) is 31.2 Å². The summed E-state index contributed by atoms with van der Waals surface area (Å²) in [7, 11) is 0. The molecule has 1 aliphatic heterocycles. The zero-order valence-electron chi connectivity index (χ0n) is 16.7. The number of anilines is 1. The molecule has 0 radical (unpaired) electrons. The van der Waals surface area contributed by atoms with Crippen molar-refractivity contribution in [2.45, 2.75) is 13.8 Å². The number of carbonyl (C=O) groups excluding carboxylic acids is 3. The summed E-state index contributed by atoms with van der Waals surface area (Å²) in [4.78, 5) is 39.3. The third-order valence-electron chi connectivity index (χ3n) is 6.39. The quantitative estimate of drug-likeness (QED) is 0.339. The van der Waals surface area contributed by atoms with Gasteiger partial charge in [-0.15, -0.1) is 0 Å². The lowest BCUT2D eigenvalue weighted by Gasteiger charge is -2.20. The summed E-state index contributed by atoms with van der Waals surface area (Å²) in [6, 6.07) is 16.7. The van der Waals surface area contributed by atoms with Gasteiger partial charge in [0.2, 0.25) is 11.8 Å². The van der Waals surface area contributed by atoms with Crippen LogP contribution in [0.5, 0.6) is 5.75 Å². The molecule has 2 fully saturated rings.